The molecule has 210 valence electrons. The summed E-state index contributed by atoms with van der Waals surface area (Å²) in [6.45, 7) is 0.869. The van der Waals surface area contributed by atoms with Crippen LogP contribution in [0.3, 0.4) is 0 Å². The fraction of sp³-hybridized carbons (Fsp3) is 0.276. The van der Waals surface area contributed by atoms with Crippen molar-refractivity contribution in [2.45, 2.75) is 18.8 Å². The fourth-order valence-electron chi connectivity index (χ4n) is 4.51. The Bertz CT molecular complexity index is 1540. The average Bonchev–Trinajstić information content (AvgIpc) is 3.20. The van der Waals surface area contributed by atoms with Crippen molar-refractivity contribution in [1.82, 2.24) is 4.90 Å². The molecule has 0 radical (unpaired) electrons. The van der Waals surface area contributed by atoms with Gasteiger partial charge in [-0.1, -0.05) is 46.3 Å². The molecule has 0 saturated heterocycles. The molecule has 3 aromatic rings. The lowest BCUT2D eigenvalue weighted by molar-refractivity contribution is -0.137. The standard InChI is InChI=1S/C29H31BrN4O5S/c1-33(2)16-17-34(40(3,38)39)23-12-10-22(11-13-23)31-28(20-7-4-19(5-8-20)6-15-26(35)36)27-24-14-9-21(30)18-25(24)32-29(27)37/h4-5,7-14,18,27H,6,15-17H2,1-3H3,(H,32,37)(H,35,36). The number of aryl methyl sites for hydroxylation is 1. The number of amides is 1. The van der Waals surface area contributed by atoms with Gasteiger partial charge in [-0.2, -0.15) is 0 Å². The number of aliphatic carboxylic acids is 1. The van der Waals surface area contributed by atoms with E-state index in [0.717, 1.165) is 21.2 Å². The molecule has 0 spiro atoms. The summed E-state index contributed by atoms with van der Waals surface area (Å²) < 4.78 is 27.1. The first-order chi connectivity index (χ1) is 18.9. The molecule has 0 aliphatic carbocycles. The zero-order valence-corrected chi connectivity index (χ0v) is 24.9. The number of rotatable bonds is 11. The topological polar surface area (TPSA) is 119 Å². The molecule has 9 nitrogen and oxygen atoms in total. The van der Waals surface area contributed by atoms with Crippen LogP contribution in [-0.2, 0) is 26.0 Å². The molecule has 11 heteroatoms. The van der Waals surface area contributed by atoms with E-state index in [1.54, 1.807) is 24.3 Å². The lowest BCUT2D eigenvalue weighted by Crippen LogP contribution is -2.35. The summed E-state index contributed by atoms with van der Waals surface area (Å²) in [5.41, 5.74) is 4.72. The number of nitrogens with one attached hydrogen (secondary N) is 1. The normalized spacial score (nSPS) is 15.2. The summed E-state index contributed by atoms with van der Waals surface area (Å²) in [4.78, 5) is 31.0. The number of nitrogens with zero attached hydrogens (tertiary/aromatic N) is 3. The lowest BCUT2D eigenvalue weighted by Gasteiger charge is -2.24. The Morgan fingerprint density at radius 1 is 1.02 bits per heavy atom. The van der Waals surface area contributed by atoms with Crippen LogP contribution in [0.25, 0.3) is 0 Å². The Hall–Kier alpha value is -3.54. The van der Waals surface area contributed by atoms with Gasteiger partial charge in [-0.05, 0) is 73.6 Å². The van der Waals surface area contributed by atoms with Crippen molar-refractivity contribution in [2.75, 3.05) is 43.1 Å². The minimum Gasteiger partial charge on any atom is -0.481 e. The number of sulfonamides is 1. The Morgan fingerprint density at radius 3 is 2.30 bits per heavy atom. The fourth-order valence-corrected chi connectivity index (χ4v) is 5.78. The molecule has 40 heavy (non-hydrogen) atoms. The van der Waals surface area contributed by atoms with Crippen molar-refractivity contribution in [2.24, 2.45) is 4.99 Å². The highest BCUT2D eigenvalue weighted by Gasteiger charge is 2.35. The molecule has 0 fully saturated rings. The quantitative estimate of drug-likeness (QED) is 0.299. The highest BCUT2D eigenvalue weighted by Crippen LogP contribution is 2.38. The van der Waals surface area contributed by atoms with Gasteiger partial charge in [0.05, 0.1) is 23.3 Å². The van der Waals surface area contributed by atoms with E-state index in [1.807, 2.05) is 61.5 Å². The van der Waals surface area contributed by atoms with Gasteiger partial charge in [0.1, 0.15) is 5.92 Å². The second-order valence-corrected chi connectivity index (χ2v) is 12.7. The van der Waals surface area contributed by atoms with Crippen molar-refractivity contribution in [3.05, 3.63) is 87.9 Å². The maximum Gasteiger partial charge on any atom is 0.303 e. The number of likely N-dealkylation sites (N-methyl/N-ethyl adjacent to an activating group) is 1. The molecule has 1 aliphatic heterocycles. The zero-order chi connectivity index (χ0) is 29.0. The summed E-state index contributed by atoms with van der Waals surface area (Å²) in [5.74, 6) is -1.73. The highest BCUT2D eigenvalue weighted by atomic mass is 79.9. The van der Waals surface area contributed by atoms with Crippen LogP contribution in [-0.4, -0.2) is 69.5 Å². The minimum absolute atomic E-state index is 0.0268. The average molecular weight is 628 g/mol. The number of anilines is 2. The molecule has 2 N–H and O–H groups in total. The third-order valence-electron chi connectivity index (χ3n) is 6.53. The van der Waals surface area contributed by atoms with E-state index in [9.17, 15) is 18.0 Å². The second kappa shape index (κ2) is 12.3. The maximum atomic E-state index is 13.2. The van der Waals surface area contributed by atoms with Crippen molar-refractivity contribution in [3.8, 4) is 0 Å². The van der Waals surface area contributed by atoms with Crippen LogP contribution in [0, 0.1) is 0 Å². The molecular weight excluding hydrogens is 596 g/mol. The minimum atomic E-state index is -3.49. The Morgan fingerprint density at radius 2 is 1.70 bits per heavy atom. The van der Waals surface area contributed by atoms with Crippen LogP contribution in [0.5, 0.6) is 0 Å². The molecule has 3 aromatic carbocycles. The van der Waals surface area contributed by atoms with E-state index in [0.29, 0.717) is 42.3 Å². The lowest BCUT2D eigenvalue weighted by atomic mass is 9.90. The Balaban J connectivity index is 1.74. The predicted octanol–water partition coefficient (Wildman–Crippen LogP) is 4.65. The first-order valence-electron chi connectivity index (χ1n) is 12.6. The van der Waals surface area contributed by atoms with Crippen LogP contribution in [0.15, 0.2) is 76.2 Å². The number of fused-ring (bicyclic) bond motifs is 1. The van der Waals surface area contributed by atoms with E-state index in [2.05, 4.69) is 21.2 Å². The molecule has 1 atom stereocenters. The second-order valence-electron chi connectivity index (χ2n) is 9.90. The summed E-state index contributed by atoms with van der Waals surface area (Å²) >= 11 is 3.45. The highest BCUT2D eigenvalue weighted by molar-refractivity contribution is 9.10. The smallest absolute Gasteiger partial charge is 0.303 e. The number of carbonyl (C=O) groups excluding carboxylic acids is 1. The predicted molar refractivity (Wildman–Crippen MR) is 161 cm³/mol. The van der Waals surface area contributed by atoms with Crippen LogP contribution in [0.2, 0.25) is 0 Å². The number of aliphatic imine (C=N–C) groups is 1. The van der Waals surface area contributed by atoms with Gasteiger partial charge in [0.2, 0.25) is 15.9 Å². The van der Waals surface area contributed by atoms with Gasteiger partial charge >= 0.3 is 5.97 Å². The summed E-state index contributed by atoms with van der Waals surface area (Å²) in [5, 5.41) is 12.0. The van der Waals surface area contributed by atoms with Crippen molar-refractivity contribution in [3.63, 3.8) is 0 Å². The molecule has 1 heterocycles. The number of benzene rings is 3. The SMILES string of the molecule is CN(C)CCN(c1ccc(N=C(c2ccc(CCC(=O)O)cc2)C2C(=O)Nc3cc(Br)ccc32)cc1)S(C)(=O)=O. The van der Waals surface area contributed by atoms with Crippen LogP contribution < -0.4 is 9.62 Å². The van der Waals surface area contributed by atoms with Crippen LogP contribution in [0.1, 0.15) is 29.0 Å². The van der Waals surface area contributed by atoms with Gasteiger partial charge in [-0.25, -0.2) is 8.42 Å². The van der Waals surface area contributed by atoms with Crippen LogP contribution >= 0.6 is 15.9 Å². The molecule has 1 aliphatic rings. The Labute approximate surface area is 242 Å². The van der Waals surface area contributed by atoms with E-state index in [1.165, 1.54) is 10.6 Å². The Kier molecular flexibility index (Phi) is 9.07. The zero-order valence-electron chi connectivity index (χ0n) is 22.5. The van der Waals surface area contributed by atoms with E-state index in [4.69, 9.17) is 10.1 Å². The monoisotopic (exact) mass is 626 g/mol. The first kappa shape index (κ1) is 29.4. The summed E-state index contributed by atoms with van der Waals surface area (Å²) in [6, 6.07) is 19.9. The van der Waals surface area contributed by atoms with Gasteiger partial charge in [-0.3, -0.25) is 18.9 Å². The molecule has 1 unspecified atom stereocenters. The van der Waals surface area contributed by atoms with Crippen molar-refractivity contribution in [1.29, 1.82) is 0 Å². The first-order valence-corrected chi connectivity index (χ1v) is 15.3. The van der Waals surface area contributed by atoms with E-state index < -0.39 is 21.9 Å². The number of carbonyl (C=O) groups is 2. The number of hydrogen-bond donors (Lipinski definition) is 2. The number of hydrogen-bond acceptors (Lipinski definition) is 6. The molecule has 0 bridgehead atoms. The molecule has 1 amide bonds. The summed E-state index contributed by atoms with van der Waals surface area (Å²) in [7, 11) is 0.280. The number of halogens is 1. The van der Waals surface area contributed by atoms with Gasteiger partial charge < -0.3 is 15.3 Å². The van der Waals surface area contributed by atoms with E-state index in [-0.39, 0.29) is 12.3 Å². The largest absolute Gasteiger partial charge is 0.481 e. The third-order valence-corrected chi connectivity index (χ3v) is 8.22. The molecule has 0 saturated carbocycles. The van der Waals surface area contributed by atoms with Crippen LogP contribution in [0.4, 0.5) is 17.1 Å². The van der Waals surface area contributed by atoms with Crippen molar-refractivity contribution < 1.29 is 23.1 Å². The third kappa shape index (κ3) is 7.15. The molecule has 0 aromatic heterocycles. The van der Waals surface area contributed by atoms with Crippen molar-refractivity contribution >= 4 is 60.6 Å². The van der Waals surface area contributed by atoms with Gasteiger partial charge in [-0.15, -0.1) is 0 Å². The number of carboxylic acids is 1. The molecular formula is C29H31BrN4O5S. The van der Waals surface area contributed by atoms with Gasteiger partial charge in [0, 0.05) is 29.7 Å². The summed E-state index contributed by atoms with van der Waals surface area (Å²) in [6.07, 6.45) is 1.61. The van der Waals surface area contributed by atoms with Gasteiger partial charge in [0.15, 0.2) is 0 Å². The maximum absolute atomic E-state index is 13.2. The van der Waals surface area contributed by atoms with Gasteiger partial charge in [0.25, 0.3) is 0 Å². The molecule has 4 rings (SSSR count). The number of carboxylic acid groups (broad SMARTS) is 1. The van der Waals surface area contributed by atoms with E-state index >= 15 is 0 Å².